The molecule has 0 radical (unpaired) electrons. The highest BCUT2D eigenvalue weighted by molar-refractivity contribution is 7.99. The summed E-state index contributed by atoms with van der Waals surface area (Å²) in [7, 11) is 0. The van der Waals surface area contributed by atoms with Gasteiger partial charge in [-0.15, -0.1) is 0 Å². The van der Waals surface area contributed by atoms with Crippen LogP contribution in [0.3, 0.4) is 0 Å². The summed E-state index contributed by atoms with van der Waals surface area (Å²) in [5.74, 6) is 2.71. The third-order valence-electron chi connectivity index (χ3n) is 2.60. The maximum atomic E-state index is 4.56. The molecule has 16 heavy (non-hydrogen) atoms. The van der Waals surface area contributed by atoms with E-state index in [1.165, 1.54) is 0 Å². The average Bonchev–Trinajstić information content (AvgIpc) is 2.26. The molecule has 3 heteroatoms. The van der Waals surface area contributed by atoms with Crippen molar-refractivity contribution in [3.8, 4) is 0 Å². The van der Waals surface area contributed by atoms with Crippen molar-refractivity contribution >= 4 is 17.6 Å². The molecule has 1 rings (SSSR count). The SMILES string of the molecule is CCNc1cccc(CSC(C)C(C)C)n1. The molecule has 0 aliphatic carbocycles. The molecule has 0 fully saturated rings. The number of pyridine rings is 1. The normalized spacial score (nSPS) is 12.8. The first-order chi connectivity index (χ1) is 7.63. The fourth-order valence-corrected chi connectivity index (χ4v) is 2.23. The second-order valence-electron chi connectivity index (χ2n) is 4.30. The summed E-state index contributed by atoms with van der Waals surface area (Å²) < 4.78 is 0. The Morgan fingerprint density at radius 1 is 1.31 bits per heavy atom. The minimum Gasteiger partial charge on any atom is -0.370 e. The Kier molecular flexibility index (Phi) is 5.67. The van der Waals surface area contributed by atoms with Crippen LogP contribution < -0.4 is 5.32 Å². The fourth-order valence-electron chi connectivity index (χ4n) is 1.25. The van der Waals surface area contributed by atoms with Crippen LogP contribution in [0, 0.1) is 5.92 Å². The minimum absolute atomic E-state index is 0.685. The molecule has 1 aromatic rings. The van der Waals surface area contributed by atoms with Crippen molar-refractivity contribution in [2.45, 2.75) is 38.7 Å². The molecule has 1 atom stereocenters. The third kappa shape index (κ3) is 4.44. The van der Waals surface area contributed by atoms with E-state index in [-0.39, 0.29) is 0 Å². The quantitative estimate of drug-likeness (QED) is 0.816. The van der Waals surface area contributed by atoms with Crippen molar-refractivity contribution in [2.24, 2.45) is 5.92 Å². The van der Waals surface area contributed by atoms with E-state index in [0.29, 0.717) is 5.25 Å². The largest absolute Gasteiger partial charge is 0.370 e. The monoisotopic (exact) mass is 238 g/mol. The molecule has 0 saturated heterocycles. The molecule has 0 spiro atoms. The second-order valence-corrected chi connectivity index (χ2v) is 5.67. The van der Waals surface area contributed by atoms with Gasteiger partial charge in [0.25, 0.3) is 0 Å². The van der Waals surface area contributed by atoms with Crippen LogP contribution in [0.15, 0.2) is 18.2 Å². The lowest BCUT2D eigenvalue weighted by Gasteiger charge is -2.14. The Morgan fingerprint density at radius 3 is 2.69 bits per heavy atom. The molecule has 2 nitrogen and oxygen atoms in total. The van der Waals surface area contributed by atoms with Gasteiger partial charge in [-0.25, -0.2) is 4.98 Å². The van der Waals surface area contributed by atoms with Crippen LogP contribution in [0.2, 0.25) is 0 Å². The van der Waals surface area contributed by atoms with Crippen molar-refractivity contribution in [2.75, 3.05) is 11.9 Å². The van der Waals surface area contributed by atoms with Crippen LogP contribution in [0.5, 0.6) is 0 Å². The van der Waals surface area contributed by atoms with Gasteiger partial charge >= 0.3 is 0 Å². The van der Waals surface area contributed by atoms with Crippen LogP contribution in [0.25, 0.3) is 0 Å². The molecule has 90 valence electrons. The van der Waals surface area contributed by atoms with Crippen molar-refractivity contribution in [3.05, 3.63) is 23.9 Å². The molecule has 1 aromatic heterocycles. The molecule has 1 heterocycles. The Balaban J connectivity index is 2.50. The minimum atomic E-state index is 0.685. The van der Waals surface area contributed by atoms with Gasteiger partial charge in [0.2, 0.25) is 0 Å². The second kappa shape index (κ2) is 6.79. The predicted octanol–water partition coefficient (Wildman–Crippen LogP) is 3.79. The number of nitrogens with zero attached hydrogens (tertiary/aromatic N) is 1. The first kappa shape index (κ1) is 13.4. The van der Waals surface area contributed by atoms with Crippen LogP contribution in [0.1, 0.15) is 33.4 Å². The summed E-state index contributed by atoms with van der Waals surface area (Å²) in [6, 6.07) is 6.19. The number of aromatic nitrogens is 1. The Morgan fingerprint density at radius 2 is 2.06 bits per heavy atom. The van der Waals surface area contributed by atoms with Crippen LogP contribution in [-0.2, 0) is 5.75 Å². The molecule has 1 N–H and O–H groups in total. The zero-order chi connectivity index (χ0) is 12.0. The summed E-state index contributed by atoms with van der Waals surface area (Å²) in [6.07, 6.45) is 0. The van der Waals surface area contributed by atoms with E-state index < -0.39 is 0 Å². The van der Waals surface area contributed by atoms with Crippen LogP contribution in [0.4, 0.5) is 5.82 Å². The Hall–Kier alpha value is -0.700. The molecular formula is C13H22N2S. The summed E-state index contributed by atoms with van der Waals surface area (Å²) in [5, 5.41) is 3.92. The standard InChI is InChI=1S/C13H22N2S/c1-5-14-13-8-6-7-12(15-13)9-16-11(4)10(2)3/h6-8,10-11H,5,9H2,1-4H3,(H,14,15). The van der Waals surface area contributed by atoms with Crippen LogP contribution >= 0.6 is 11.8 Å². The number of hydrogen-bond donors (Lipinski definition) is 1. The molecule has 0 saturated carbocycles. The van der Waals surface area contributed by atoms with Gasteiger partial charge in [0.15, 0.2) is 0 Å². The van der Waals surface area contributed by atoms with Crippen molar-refractivity contribution in [1.82, 2.24) is 4.98 Å². The van der Waals surface area contributed by atoms with Gasteiger partial charge in [-0.1, -0.05) is 26.8 Å². The van der Waals surface area contributed by atoms with E-state index >= 15 is 0 Å². The van der Waals surface area contributed by atoms with Gasteiger partial charge in [0, 0.05) is 17.5 Å². The number of nitrogens with one attached hydrogen (secondary N) is 1. The fraction of sp³-hybridized carbons (Fsp3) is 0.615. The highest BCUT2D eigenvalue weighted by Crippen LogP contribution is 2.22. The maximum Gasteiger partial charge on any atom is 0.126 e. The van der Waals surface area contributed by atoms with Crippen molar-refractivity contribution < 1.29 is 0 Å². The van der Waals surface area contributed by atoms with E-state index in [1.54, 1.807) is 0 Å². The lowest BCUT2D eigenvalue weighted by molar-refractivity contribution is 0.642. The summed E-state index contributed by atoms with van der Waals surface area (Å²) >= 11 is 1.97. The van der Waals surface area contributed by atoms with E-state index in [1.807, 2.05) is 17.8 Å². The zero-order valence-corrected chi connectivity index (χ0v) is 11.5. The number of rotatable bonds is 6. The van der Waals surface area contributed by atoms with Gasteiger partial charge in [0.1, 0.15) is 5.82 Å². The number of hydrogen-bond acceptors (Lipinski definition) is 3. The average molecular weight is 238 g/mol. The number of anilines is 1. The van der Waals surface area contributed by atoms with Crippen molar-refractivity contribution in [3.63, 3.8) is 0 Å². The zero-order valence-electron chi connectivity index (χ0n) is 10.7. The van der Waals surface area contributed by atoms with Gasteiger partial charge in [-0.3, -0.25) is 0 Å². The summed E-state index contributed by atoms with van der Waals surface area (Å²) in [5.41, 5.74) is 1.16. The van der Waals surface area contributed by atoms with Gasteiger partial charge in [-0.2, -0.15) is 11.8 Å². The van der Waals surface area contributed by atoms with Crippen LogP contribution in [-0.4, -0.2) is 16.8 Å². The van der Waals surface area contributed by atoms with Gasteiger partial charge < -0.3 is 5.32 Å². The maximum absolute atomic E-state index is 4.56. The van der Waals surface area contributed by atoms with Gasteiger partial charge in [-0.05, 0) is 25.0 Å². The molecule has 0 bridgehead atoms. The third-order valence-corrected chi connectivity index (χ3v) is 4.13. The topological polar surface area (TPSA) is 24.9 Å². The molecule has 1 unspecified atom stereocenters. The lowest BCUT2D eigenvalue weighted by Crippen LogP contribution is -2.06. The predicted molar refractivity (Wildman–Crippen MR) is 74.0 cm³/mol. The summed E-state index contributed by atoms with van der Waals surface area (Å²) in [4.78, 5) is 4.56. The lowest BCUT2D eigenvalue weighted by atomic mass is 10.2. The van der Waals surface area contributed by atoms with Crippen molar-refractivity contribution in [1.29, 1.82) is 0 Å². The first-order valence-electron chi connectivity index (χ1n) is 5.95. The Bertz CT molecular complexity index is 313. The molecule has 0 aliphatic heterocycles. The molecule has 0 aliphatic rings. The number of thioether (sulfide) groups is 1. The van der Waals surface area contributed by atoms with E-state index in [4.69, 9.17) is 0 Å². The summed E-state index contributed by atoms with van der Waals surface area (Å²) in [6.45, 7) is 9.82. The highest BCUT2D eigenvalue weighted by atomic mass is 32.2. The molecular weight excluding hydrogens is 216 g/mol. The Labute approximate surface area is 103 Å². The smallest absolute Gasteiger partial charge is 0.126 e. The van der Waals surface area contributed by atoms with E-state index in [2.05, 4.69) is 50.1 Å². The first-order valence-corrected chi connectivity index (χ1v) is 6.99. The van der Waals surface area contributed by atoms with Gasteiger partial charge in [0.05, 0.1) is 5.69 Å². The van der Waals surface area contributed by atoms with E-state index in [9.17, 15) is 0 Å². The van der Waals surface area contributed by atoms with E-state index in [0.717, 1.165) is 29.7 Å². The highest BCUT2D eigenvalue weighted by Gasteiger charge is 2.08. The molecule has 0 amide bonds. The molecule has 0 aromatic carbocycles.